The first kappa shape index (κ1) is 22.9. The highest BCUT2D eigenvalue weighted by atomic mass is 16.5. The van der Waals surface area contributed by atoms with Crippen molar-refractivity contribution in [2.75, 3.05) is 13.7 Å². The van der Waals surface area contributed by atoms with Crippen LogP contribution in [0.5, 0.6) is 5.75 Å². The smallest absolute Gasteiger partial charge is 0.240 e. The number of amides is 1. The third kappa shape index (κ3) is 5.04. The van der Waals surface area contributed by atoms with E-state index in [9.17, 15) is 14.4 Å². The Morgan fingerprint density at radius 1 is 1.00 bits per heavy atom. The fourth-order valence-corrected chi connectivity index (χ4v) is 3.74. The molecule has 0 bridgehead atoms. The molecule has 0 aliphatic carbocycles. The summed E-state index contributed by atoms with van der Waals surface area (Å²) in [6, 6.07) is 19.8. The van der Waals surface area contributed by atoms with Gasteiger partial charge in [0.2, 0.25) is 11.3 Å². The van der Waals surface area contributed by atoms with E-state index in [1.54, 1.807) is 48.1 Å². The van der Waals surface area contributed by atoms with Crippen LogP contribution in [0.4, 0.5) is 0 Å². The van der Waals surface area contributed by atoms with Gasteiger partial charge in [-0.2, -0.15) is 0 Å². The Balaban J connectivity index is 1.62. The Morgan fingerprint density at radius 2 is 1.74 bits per heavy atom. The second-order valence-corrected chi connectivity index (χ2v) is 7.97. The topological polar surface area (TPSA) is 90.3 Å². The number of nitrogens with one attached hydrogen (secondary N) is 1. The van der Waals surface area contributed by atoms with Crippen LogP contribution in [-0.4, -0.2) is 34.9 Å². The van der Waals surface area contributed by atoms with Gasteiger partial charge in [0, 0.05) is 24.0 Å². The highest BCUT2D eigenvalue weighted by Gasteiger charge is 2.19. The maximum Gasteiger partial charge on any atom is 0.240 e. The largest absolute Gasteiger partial charge is 0.497 e. The number of ketones is 1. The molecular formula is C27H25N3O4. The molecule has 4 aromatic rings. The highest BCUT2D eigenvalue weighted by Crippen LogP contribution is 2.16. The zero-order valence-corrected chi connectivity index (χ0v) is 19.1. The number of ether oxygens (including phenoxy) is 1. The van der Waals surface area contributed by atoms with Gasteiger partial charge < -0.3 is 14.6 Å². The van der Waals surface area contributed by atoms with E-state index in [0.717, 1.165) is 5.56 Å². The van der Waals surface area contributed by atoms with E-state index in [2.05, 4.69) is 10.3 Å². The average molecular weight is 456 g/mol. The van der Waals surface area contributed by atoms with Crippen LogP contribution < -0.4 is 15.5 Å². The van der Waals surface area contributed by atoms with Gasteiger partial charge in [-0.15, -0.1) is 0 Å². The van der Waals surface area contributed by atoms with Crippen LogP contribution in [0, 0.1) is 6.92 Å². The summed E-state index contributed by atoms with van der Waals surface area (Å²) in [5, 5.41) is 3.20. The molecule has 0 aliphatic heterocycles. The van der Waals surface area contributed by atoms with E-state index in [4.69, 9.17) is 4.74 Å². The van der Waals surface area contributed by atoms with E-state index in [0.29, 0.717) is 41.0 Å². The molecular weight excluding hydrogens is 430 g/mol. The average Bonchev–Trinajstić information content (AvgIpc) is 2.86. The van der Waals surface area contributed by atoms with E-state index in [1.165, 1.54) is 6.20 Å². The zero-order chi connectivity index (χ0) is 24.1. The third-order valence-electron chi connectivity index (χ3n) is 5.55. The number of hydrogen-bond donors (Lipinski definition) is 1. The van der Waals surface area contributed by atoms with Gasteiger partial charge in [0.05, 0.1) is 18.1 Å². The van der Waals surface area contributed by atoms with Crippen LogP contribution >= 0.6 is 0 Å². The van der Waals surface area contributed by atoms with E-state index in [-0.39, 0.29) is 18.0 Å². The number of nitrogens with zero attached hydrogens (tertiary/aromatic N) is 2. The molecule has 0 spiro atoms. The van der Waals surface area contributed by atoms with Gasteiger partial charge in [-0.3, -0.25) is 14.4 Å². The fraction of sp³-hybridized carbons (Fsp3) is 0.185. The summed E-state index contributed by atoms with van der Waals surface area (Å²) in [6.07, 6.45) is 2.14. The lowest BCUT2D eigenvalue weighted by atomic mass is 10.0. The number of hydrogen-bond acceptors (Lipinski definition) is 5. The van der Waals surface area contributed by atoms with Crippen molar-refractivity contribution >= 4 is 22.7 Å². The standard InChI is InChI=1S/C27H25N3O4/c1-18-8-13-22-26(33)23(25(32)20-9-11-21(34-2)12-10-20)16-30(27(22)29-18)17-24(31)28-15-14-19-6-4-3-5-7-19/h3-13,16H,14-15,17H2,1-2H3,(H,28,31). The molecule has 34 heavy (non-hydrogen) atoms. The van der Waals surface area contributed by atoms with Crippen molar-refractivity contribution in [2.45, 2.75) is 19.9 Å². The van der Waals surface area contributed by atoms with Crippen LogP contribution in [0.3, 0.4) is 0 Å². The van der Waals surface area contributed by atoms with Crippen LogP contribution in [0.15, 0.2) is 77.7 Å². The number of aromatic nitrogens is 2. The van der Waals surface area contributed by atoms with Crippen molar-refractivity contribution in [3.05, 3.63) is 106 Å². The van der Waals surface area contributed by atoms with E-state index >= 15 is 0 Å². The van der Waals surface area contributed by atoms with Crippen molar-refractivity contribution in [3.8, 4) is 5.75 Å². The lowest BCUT2D eigenvalue weighted by molar-refractivity contribution is -0.121. The first-order valence-electron chi connectivity index (χ1n) is 11.0. The van der Waals surface area contributed by atoms with Gasteiger partial charge >= 0.3 is 0 Å². The Kier molecular flexibility index (Phi) is 6.82. The van der Waals surface area contributed by atoms with Gasteiger partial charge in [-0.25, -0.2) is 4.98 Å². The maximum absolute atomic E-state index is 13.2. The molecule has 7 nitrogen and oxygen atoms in total. The molecule has 1 N–H and O–H groups in total. The Bertz CT molecular complexity index is 1390. The van der Waals surface area contributed by atoms with Crippen molar-refractivity contribution < 1.29 is 14.3 Å². The molecule has 0 unspecified atom stereocenters. The molecule has 0 fully saturated rings. The van der Waals surface area contributed by atoms with Gasteiger partial charge in [0.25, 0.3) is 0 Å². The molecule has 0 saturated heterocycles. The number of benzene rings is 2. The van der Waals surface area contributed by atoms with E-state index in [1.807, 2.05) is 37.3 Å². The normalized spacial score (nSPS) is 10.8. The molecule has 0 atom stereocenters. The predicted molar refractivity (Wildman–Crippen MR) is 130 cm³/mol. The first-order valence-corrected chi connectivity index (χ1v) is 11.0. The molecule has 2 aromatic carbocycles. The predicted octanol–water partition coefficient (Wildman–Crippen LogP) is 3.30. The van der Waals surface area contributed by atoms with Gasteiger partial charge in [0.15, 0.2) is 5.78 Å². The summed E-state index contributed by atoms with van der Waals surface area (Å²) in [6.45, 7) is 2.22. The molecule has 172 valence electrons. The van der Waals surface area contributed by atoms with Crippen molar-refractivity contribution in [1.82, 2.24) is 14.9 Å². The molecule has 2 heterocycles. The molecule has 4 rings (SSSR count). The van der Waals surface area contributed by atoms with Gasteiger partial charge in [-0.1, -0.05) is 30.3 Å². The van der Waals surface area contributed by atoms with Crippen molar-refractivity contribution in [3.63, 3.8) is 0 Å². The van der Waals surface area contributed by atoms with Crippen LogP contribution in [0.1, 0.15) is 27.2 Å². The summed E-state index contributed by atoms with van der Waals surface area (Å²) in [5.74, 6) is -0.0419. The number of carbonyl (C=O) groups is 2. The quantitative estimate of drug-likeness (QED) is 0.412. The Hall–Kier alpha value is -4.26. The third-order valence-corrected chi connectivity index (χ3v) is 5.55. The fourth-order valence-electron chi connectivity index (χ4n) is 3.74. The zero-order valence-electron chi connectivity index (χ0n) is 19.1. The second kappa shape index (κ2) is 10.1. The summed E-state index contributed by atoms with van der Waals surface area (Å²) in [5.41, 5.74) is 2.13. The van der Waals surface area contributed by atoms with Gasteiger partial charge in [-0.05, 0) is 55.3 Å². The number of pyridine rings is 2. The number of carbonyl (C=O) groups excluding carboxylic acids is 2. The summed E-state index contributed by atoms with van der Waals surface area (Å²) >= 11 is 0. The minimum absolute atomic E-state index is 0.0135. The summed E-state index contributed by atoms with van der Waals surface area (Å²) in [7, 11) is 1.54. The number of methoxy groups -OCH3 is 1. The van der Waals surface area contributed by atoms with Crippen LogP contribution in [0.2, 0.25) is 0 Å². The number of rotatable bonds is 8. The second-order valence-electron chi connectivity index (χ2n) is 7.97. The Morgan fingerprint density at radius 3 is 2.44 bits per heavy atom. The lowest BCUT2D eigenvalue weighted by Crippen LogP contribution is -2.31. The minimum atomic E-state index is -0.423. The SMILES string of the molecule is COc1ccc(C(=O)c2cn(CC(=O)NCCc3ccccc3)c3nc(C)ccc3c2=O)cc1. The molecule has 7 heteroatoms. The van der Waals surface area contributed by atoms with Crippen molar-refractivity contribution in [1.29, 1.82) is 0 Å². The molecule has 0 saturated carbocycles. The Labute approximate surface area is 197 Å². The minimum Gasteiger partial charge on any atom is -0.497 e. The maximum atomic E-state index is 13.2. The van der Waals surface area contributed by atoms with E-state index < -0.39 is 11.2 Å². The lowest BCUT2D eigenvalue weighted by Gasteiger charge is -2.13. The molecule has 0 aliphatic rings. The molecule has 1 amide bonds. The number of fused-ring (bicyclic) bond motifs is 1. The van der Waals surface area contributed by atoms with Gasteiger partial charge in [0.1, 0.15) is 17.9 Å². The highest BCUT2D eigenvalue weighted by molar-refractivity contribution is 6.10. The summed E-state index contributed by atoms with van der Waals surface area (Å²) < 4.78 is 6.71. The molecule has 0 radical (unpaired) electrons. The van der Waals surface area contributed by atoms with Crippen LogP contribution in [-0.2, 0) is 17.8 Å². The van der Waals surface area contributed by atoms with Crippen LogP contribution in [0.25, 0.3) is 11.0 Å². The summed E-state index contributed by atoms with van der Waals surface area (Å²) in [4.78, 5) is 43.5. The molecule has 2 aromatic heterocycles. The number of aryl methyl sites for hydroxylation is 1. The first-order chi connectivity index (χ1) is 16.5. The monoisotopic (exact) mass is 455 g/mol. The van der Waals surface area contributed by atoms with Crippen molar-refractivity contribution in [2.24, 2.45) is 0 Å².